The third kappa shape index (κ3) is 2.72. The predicted octanol–water partition coefficient (Wildman–Crippen LogP) is 4.69. The van der Waals surface area contributed by atoms with Gasteiger partial charge in [0.05, 0.1) is 17.0 Å². The van der Waals surface area contributed by atoms with Gasteiger partial charge in [0.25, 0.3) is 5.91 Å². The first-order valence-electron chi connectivity index (χ1n) is 9.53. The van der Waals surface area contributed by atoms with E-state index in [-0.39, 0.29) is 22.3 Å². The molecule has 1 amide bonds. The molecule has 6 heteroatoms. The van der Waals surface area contributed by atoms with Crippen LogP contribution in [-0.4, -0.2) is 10.9 Å². The van der Waals surface area contributed by atoms with Gasteiger partial charge in [-0.1, -0.05) is 35.9 Å². The summed E-state index contributed by atoms with van der Waals surface area (Å²) in [5.41, 5.74) is 2.71. The van der Waals surface area contributed by atoms with Crippen molar-refractivity contribution in [1.82, 2.24) is 4.98 Å². The van der Waals surface area contributed by atoms with Crippen molar-refractivity contribution in [3.8, 4) is 0 Å². The number of hydrogen-bond donors (Lipinski definition) is 0. The lowest BCUT2D eigenvalue weighted by molar-refractivity contribution is 0.0970. The molecule has 1 unspecified atom stereocenters. The Kier molecular flexibility index (Phi) is 4.03. The number of aromatic nitrogens is 1. The summed E-state index contributed by atoms with van der Waals surface area (Å²) >= 11 is 0. The van der Waals surface area contributed by atoms with Gasteiger partial charge in [0.15, 0.2) is 5.43 Å². The molecule has 148 valence electrons. The van der Waals surface area contributed by atoms with Gasteiger partial charge >= 0.3 is 0 Å². The molecule has 4 aromatic rings. The Morgan fingerprint density at radius 2 is 1.70 bits per heavy atom. The molecule has 0 N–H and O–H groups in total. The Hall–Kier alpha value is -3.80. The molecule has 2 aromatic heterocycles. The number of carbonyl (C=O) groups excluding carboxylic acids is 1. The zero-order chi connectivity index (χ0) is 21.0. The Morgan fingerprint density at radius 3 is 2.40 bits per heavy atom. The van der Waals surface area contributed by atoms with Crippen LogP contribution < -0.4 is 10.3 Å². The molecule has 3 heterocycles. The van der Waals surface area contributed by atoms with Crippen molar-refractivity contribution in [2.24, 2.45) is 0 Å². The minimum absolute atomic E-state index is 0.0351. The van der Waals surface area contributed by atoms with Crippen LogP contribution >= 0.6 is 0 Å². The van der Waals surface area contributed by atoms with E-state index in [1.807, 2.05) is 44.2 Å². The summed E-state index contributed by atoms with van der Waals surface area (Å²) in [7, 11) is 0. The van der Waals surface area contributed by atoms with E-state index in [1.165, 1.54) is 17.0 Å². The molecule has 0 radical (unpaired) electrons. The van der Waals surface area contributed by atoms with Gasteiger partial charge in [-0.2, -0.15) is 0 Å². The molecule has 0 bridgehead atoms. The average Bonchev–Trinajstić information content (AvgIpc) is 3.03. The van der Waals surface area contributed by atoms with Crippen LogP contribution in [0.3, 0.4) is 0 Å². The fraction of sp³-hybridized carbons (Fsp3) is 0.125. The van der Waals surface area contributed by atoms with Gasteiger partial charge in [-0.15, -0.1) is 0 Å². The van der Waals surface area contributed by atoms with E-state index in [2.05, 4.69) is 4.98 Å². The number of nitrogens with zero attached hydrogens (tertiary/aromatic N) is 2. The number of benzene rings is 2. The van der Waals surface area contributed by atoms with Gasteiger partial charge in [0.1, 0.15) is 17.2 Å². The lowest BCUT2D eigenvalue weighted by atomic mass is 9.97. The molecule has 1 atom stereocenters. The van der Waals surface area contributed by atoms with Gasteiger partial charge in [-0.3, -0.25) is 14.5 Å². The predicted molar refractivity (Wildman–Crippen MR) is 111 cm³/mol. The van der Waals surface area contributed by atoms with Crippen LogP contribution in [0.1, 0.15) is 38.9 Å². The summed E-state index contributed by atoms with van der Waals surface area (Å²) in [6.07, 6.45) is 1.67. The molecule has 5 rings (SSSR count). The molecular formula is C24H17FN2O3. The fourth-order valence-electron chi connectivity index (χ4n) is 3.85. The summed E-state index contributed by atoms with van der Waals surface area (Å²) in [4.78, 5) is 32.6. The highest BCUT2D eigenvalue weighted by Gasteiger charge is 2.44. The monoisotopic (exact) mass is 400 g/mol. The first-order valence-corrected chi connectivity index (χ1v) is 9.53. The number of aryl methyl sites for hydroxylation is 2. The first kappa shape index (κ1) is 18.2. The zero-order valence-corrected chi connectivity index (χ0v) is 16.3. The minimum Gasteiger partial charge on any atom is -0.450 e. The van der Waals surface area contributed by atoms with Crippen LogP contribution in [0.5, 0.6) is 0 Å². The first-order chi connectivity index (χ1) is 14.4. The second kappa shape index (κ2) is 6.62. The zero-order valence-electron chi connectivity index (χ0n) is 16.3. The van der Waals surface area contributed by atoms with E-state index >= 15 is 0 Å². The molecule has 30 heavy (non-hydrogen) atoms. The van der Waals surface area contributed by atoms with Crippen LogP contribution in [0.15, 0.2) is 70.0 Å². The maximum Gasteiger partial charge on any atom is 0.296 e. The quantitative estimate of drug-likeness (QED) is 0.490. The van der Waals surface area contributed by atoms with Gasteiger partial charge < -0.3 is 4.42 Å². The summed E-state index contributed by atoms with van der Waals surface area (Å²) in [5, 5.41) is 0.109. The van der Waals surface area contributed by atoms with E-state index in [0.717, 1.165) is 22.8 Å². The molecule has 2 aromatic carbocycles. The van der Waals surface area contributed by atoms with Crippen LogP contribution in [0, 0.1) is 19.7 Å². The number of amides is 1. The number of fused-ring (bicyclic) bond motifs is 2. The van der Waals surface area contributed by atoms with E-state index in [9.17, 15) is 14.0 Å². The third-order valence-electron chi connectivity index (χ3n) is 5.37. The van der Waals surface area contributed by atoms with E-state index in [0.29, 0.717) is 5.82 Å². The summed E-state index contributed by atoms with van der Waals surface area (Å²) in [6.45, 7) is 3.86. The van der Waals surface area contributed by atoms with Gasteiger partial charge in [-0.05, 0) is 49.2 Å². The molecule has 0 aliphatic carbocycles. The molecule has 1 aliphatic heterocycles. The van der Waals surface area contributed by atoms with Crippen molar-refractivity contribution < 1.29 is 13.6 Å². The third-order valence-corrected chi connectivity index (χ3v) is 5.37. The fourth-order valence-corrected chi connectivity index (χ4v) is 3.85. The maximum absolute atomic E-state index is 13.8. The van der Waals surface area contributed by atoms with Gasteiger partial charge in [0.2, 0.25) is 5.76 Å². The van der Waals surface area contributed by atoms with Crippen LogP contribution in [0.25, 0.3) is 11.0 Å². The highest BCUT2D eigenvalue weighted by molar-refractivity contribution is 6.10. The molecule has 0 saturated heterocycles. The number of carbonyl (C=O) groups is 1. The summed E-state index contributed by atoms with van der Waals surface area (Å²) < 4.78 is 19.6. The summed E-state index contributed by atoms with van der Waals surface area (Å²) in [6, 6.07) is 14.2. The van der Waals surface area contributed by atoms with E-state index in [1.54, 1.807) is 12.3 Å². The Labute approximate surface area is 171 Å². The molecule has 5 nitrogen and oxygen atoms in total. The van der Waals surface area contributed by atoms with E-state index < -0.39 is 23.2 Å². The van der Waals surface area contributed by atoms with Gasteiger partial charge in [0, 0.05) is 6.20 Å². The number of anilines is 1. The van der Waals surface area contributed by atoms with Crippen molar-refractivity contribution in [3.05, 3.63) is 105 Å². The second-order valence-electron chi connectivity index (χ2n) is 7.50. The molecule has 1 aliphatic rings. The van der Waals surface area contributed by atoms with Crippen molar-refractivity contribution in [3.63, 3.8) is 0 Å². The topological polar surface area (TPSA) is 63.4 Å². The second-order valence-corrected chi connectivity index (χ2v) is 7.50. The number of hydrogen-bond acceptors (Lipinski definition) is 4. The van der Waals surface area contributed by atoms with Crippen LogP contribution in [0.4, 0.5) is 10.2 Å². The van der Waals surface area contributed by atoms with Crippen molar-refractivity contribution >= 4 is 22.7 Å². The molecule has 0 fully saturated rings. The Morgan fingerprint density at radius 1 is 0.967 bits per heavy atom. The lowest BCUT2D eigenvalue weighted by Gasteiger charge is -2.24. The molecule has 0 spiro atoms. The standard InChI is InChI=1S/C24H17FN2O3/c1-13-3-6-15(7-4-13)21-20-22(28)17-11-16(25)8-9-18(17)30-23(20)24(29)27(21)19-10-5-14(2)12-26-19/h3-12,21H,1-2H3. The normalized spacial score (nSPS) is 15.6. The minimum atomic E-state index is -0.716. The van der Waals surface area contributed by atoms with E-state index in [4.69, 9.17) is 4.42 Å². The SMILES string of the molecule is Cc1ccc(C2c3c(oc4ccc(F)cc4c3=O)C(=O)N2c2ccc(C)cn2)cc1. The van der Waals surface area contributed by atoms with Crippen molar-refractivity contribution in [1.29, 1.82) is 0 Å². The number of pyridine rings is 1. The smallest absolute Gasteiger partial charge is 0.296 e. The van der Waals surface area contributed by atoms with Crippen LogP contribution in [-0.2, 0) is 0 Å². The van der Waals surface area contributed by atoms with Crippen molar-refractivity contribution in [2.45, 2.75) is 19.9 Å². The largest absolute Gasteiger partial charge is 0.450 e. The lowest BCUT2D eigenvalue weighted by Crippen LogP contribution is -2.30. The van der Waals surface area contributed by atoms with Crippen LogP contribution in [0.2, 0.25) is 0 Å². The number of rotatable bonds is 2. The molecular weight excluding hydrogens is 383 g/mol. The Bertz CT molecular complexity index is 1360. The highest BCUT2D eigenvalue weighted by atomic mass is 19.1. The molecule has 0 saturated carbocycles. The van der Waals surface area contributed by atoms with Gasteiger partial charge in [-0.25, -0.2) is 9.37 Å². The Balaban J connectivity index is 1.81. The number of halogens is 1. The van der Waals surface area contributed by atoms with Crippen molar-refractivity contribution in [2.75, 3.05) is 4.90 Å². The average molecular weight is 400 g/mol. The summed E-state index contributed by atoms with van der Waals surface area (Å²) in [5.74, 6) is -0.609. The highest BCUT2D eigenvalue weighted by Crippen LogP contribution is 2.40. The maximum atomic E-state index is 13.8.